The van der Waals surface area contributed by atoms with Gasteiger partial charge in [-0.3, -0.25) is 9.59 Å². The van der Waals surface area contributed by atoms with Crippen LogP contribution in [0.1, 0.15) is 48.9 Å². The van der Waals surface area contributed by atoms with Crippen molar-refractivity contribution in [1.82, 2.24) is 0 Å². The van der Waals surface area contributed by atoms with E-state index in [1.54, 1.807) is 18.2 Å². The largest absolute Gasteiger partial charge is 0.481 e. The number of fused-ring (bicyclic) bond motifs is 2. The number of hydrogen-bond acceptors (Lipinski definition) is 4. The van der Waals surface area contributed by atoms with Gasteiger partial charge in [0.1, 0.15) is 11.6 Å². The highest BCUT2D eigenvalue weighted by molar-refractivity contribution is 6.05. The number of rotatable bonds is 3. The second-order valence-electron chi connectivity index (χ2n) is 8.48. The number of anilines is 2. The van der Waals surface area contributed by atoms with Gasteiger partial charge in [-0.05, 0) is 62.1 Å². The first-order valence-corrected chi connectivity index (χ1v) is 10.8. The minimum atomic E-state index is -0.772. The standard InChI is InChI=1S/C12H14FNO2.C12H12FNO/c13-8-3-1-4-9(7-8)14-11-6-2-5-10(11)12(15)16;13-7-4-5-9-11(6-7)14-10-3-1-2-8(10)12(9)15/h1,3-4,7,10-11,14H,2,5-6H2,(H,15,16);4-6,8,10,14H,1-3H2. The molecule has 0 radical (unpaired) electrons. The molecule has 1 aliphatic heterocycles. The van der Waals surface area contributed by atoms with Crippen LogP contribution in [-0.2, 0) is 4.79 Å². The molecule has 0 bridgehead atoms. The molecule has 2 fully saturated rings. The van der Waals surface area contributed by atoms with E-state index in [9.17, 15) is 18.4 Å². The molecule has 1 heterocycles. The molecule has 0 amide bonds. The van der Waals surface area contributed by atoms with Crippen LogP contribution in [-0.4, -0.2) is 28.9 Å². The summed E-state index contributed by atoms with van der Waals surface area (Å²) in [5.41, 5.74) is 1.97. The summed E-state index contributed by atoms with van der Waals surface area (Å²) >= 11 is 0. The van der Waals surface area contributed by atoms with Crippen molar-refractivity contribution >= 4 is 23.1 Å². The van der Waals surface area contributed by atoms with E-state index in [0.717, 1.165) is 32.1 Å². The van der Waals surface area contributed by atoms with E-state index in [4.69, 9.17) is 5.11 Å². The van der Waals surface area contributed by atoms with Crippen molar-refractivity contribution in [2.45, 2.75) is 50.6 Å². The van der Waals surface area contributed by atoms with Crippen LogP contribution in [0.2, 0.25) is 0 Å². The predicted molar refractivity (Wildman–Crippen MR) is 114 cm³/mol. The van der Waals surface area contributed by atoms with Gasteiger partial charge in [0.2, 0.25) is 0 Å². The number of halogens is 2. The van der Waals surface area contributed by atoms with Gasteiger partial charge in [-0.1, -0.05) is 18.9 Å². The molecule has 0 spiro atoms. The van der Waals surface area contributed by atoms with E-state index >= 15 is 0 Å². The molecule has 4 unspecified atom stereocenters. The number of aliphatic carboxylic acids is 1. The molecule has 2 aliphatic carbocycles. The van der Waals surface area contributed by atoms with Gasteiger partial charge >= 0.3 is 5.97 Å². The molecule has 7 heteroatoms. The van der Waals surface area contributed by atoms with Crippen molar-refractivity contribution in [2.24, 2.45) is 11.8 Å². The monoisotopic (exact) mass is 428 g/mol. The summed E-state index contributed by atoms with van der Waals surface area (Å²) in [4.78, 5) is 23.0. The summed E-state index contributed by atoms with van der Waals surface area (Å²) in [5.74, 6) is -1.43. The maximum absolute atomic E-state index is 13.0. The number of carboxylic acid groups (broad SMARTS) is 1. The molecule has 5 rings (SSSR count). The minimum absolute atomic E-state index is 0.0840. The summed E-state index contributed by atoms with van der Waals surface area (Å²) in [5, 5.41) is 15.4. The quantitative estimate of drug-likeness (QED) is 0.634. The van der Waals surface area contributed by atoms with Crippen molar-refractivity contribution in [3.8, 4) is 0 Å². The molecule has 164 valence electrons. The van der Waals surface area contributed by atoms with E-state index in [1.165, 1.54) is 24.3 Å². The first-order valence-electron chi connectivity index (χ1n) is 10.8. The number of benzene rings is 2. The lowest BCUT2D eigenvalue weighted by Gasteiger charge is -2.28. The molecule has 3 N–H and O–H groups in total. The van der Waals surface area contributed by atoms with Gasteiger partial charge in [0.05, 0.1) is 5.92 Å². The van der Waals surface area contributed by atoms with Gasteiger partial charge in [-0.25, -0.2) is 8.78 Å². The Kier molecular flexibility index (Phi) is 6.20. The van der Waals surface area contributed by atoms with Gasteiger partial charge in [0.25, 0.3) is 0 Å². The van der Waals surface area contributed by atoms with E-state index < -0.39 is 5.97 Å². The molecule has 4 atom stereocenters. The zero-order chi connectivity index (χ0) is 22.0. The lowest BCUT2D eigenvalue weighted by Crippen LogP contribution is -2.35. The number of Topliss-reactive ketones (excluding diaryl/α,β-unsaturated/α-hetero) is 1. The summed E-state index contributed by atoms with van der Waals surface area (Å²) in [7, 11) is 0. The Morgan fingerprint density at radius 2 is 1.77 bits per heavy atom. The van der Waals surface area contributed by atoms with Crippen molar-refractivity contribution in [1.29, 1.82) is 0 Å². The fraction of sp³-hybridized carbons (Fsp3) is 0.417. The molecule has 2 aromatic carbocycles. The molecule has 2 aromatic rings. The topological polar surface area (TPSA) is 78.4 Å². The van der Waals surface area contributed by atoms with Gasteiger partial charge in [-0.15, -0.1) is 0 Å². The predicted octanol–water partition coefficient (Wildman–Crippen LogP) is 5.09. The maximum Gasteiger partial charge on any atom is 0.308 e. The van der Waals surface area contributed by atoms with Crippen molar-refractivity contribution in [3.63, 3.8) is 0 Å². The third kappa shape index (κ3) is 4.70. The third-order valence-electron chi connectivity index (χ3n) is 6.45. The second-order valence-corrected chi connectivity index (χ2v) is 8.48. The van der Waals surface area contributed by atoms with Crippen molar-refractivity contribution < 1.29 is 23.5 Å². The maximum atomic E-state index is 13.0. The first kappa shape index (κ1) is 21.3. The average Bonchev–Trinajstić information content (AvgIpc) is 3.38. The number of carbonyl (C=O) groups is 2. The smallest absolute Gasteiger partial charge is 0.308 e. The number of nitrogens with one attached hydrogen (secondary N) is 2. The van der Waals surface area contributed by atoms with Crippen LogP contribution in [0, 0.1) is 23.5 Å². The minimum Gasteiger partial charge on any atom is -0.481 e. The van der Waals surface area contributed by atoms with Crippen LogP contribution in [0.5, 0.6) is 0 Å². The number of carboxylic acids is 1. The molecule has 31 heavy (non-hydrogen) atoms. The number of ketones is 1. The Labute approximate surface area is 179 Å². The van der Waals surface area contributed by atoms with Crippen LogP contribution in [0.15, 0.2) is 42.5 Å². The van der Waals surface area contributed by atoms with Gasteiger partial charge in [0.15, 0.2) is 5.78 Å². The molecule has 5 nitrogen and oxygen atoms in total. The van der Waals surface area contributed by atoms with Crippen LogP contribution < -0.4 is 10.6 Å². The normalized spacial score (nSPS) is 26.2. The van der Waals surface area contributed by atoms with E-state index in [-0.39, 0.29) is 41.3 Å². The molecular formula is C24H26F2N2O3. The van der Waals surface area contributed by atoms with E-state index in [1.807, 2.05) is 0 Å². The summed E-state index contributed by atoms with van der Waals surface area (Å²) in [6.07, 6.45) is 5.50. The Morgan fingerprint density at radius 3 is 2.55 bits per heavy atom. The Bertz CT molecular complexity index is 981. The van der Waals surface area contributed by atoms with Crippen LogP contribution in [0.3, 0.4) is 0 Å². The fourth-order valence-corrected chi connectivity index (χ4v) is 4.92. The molecule has 0 aromatic heterocycles. The number of hydrogen-bond donors (Lipinski definition) is 3. The fourth-order valence-electron chi connectivity index (χ4n) is 4.92. The zero-order valence-electron chi connectivity index (χ0n) is 17.1. The molecule has 0 saturated heterocycles. The second kappa shape index (κ2) is 9.04. The highest BCUT2D eigenvalue weighted by Crippen LogP contribution is 2.37. The van der Waals surface area contributed by atoms with Crippen molar-refractivity contribution in [2.75, 3.05) is 10.6 Å². The van der Waals surface area contributed by atoms with Gasteiger partial charge in [-0.2, -0.15) is 0 Å². The molecule has 2 saturated carbocycles. The SMILES string of the molecule is O=C(O)C1CCCC1Nc1cccc(F)c1.O=C1c2ccc(F)cc2NC2CCCC12. The van der Waals surface area contributed by atoms with E-state index in [0.29, 0.717) is 23.4 Å². The molecule has 3 aliphatic rings. The average molecular weight is 428 g/mol. The molecular weight excluding hydrogens is 402 g/mol. The Morgan fingerprint density at radius 1 is 1.00 bits per heavy atom. The Hall–Kier alpha value is -2.96. The summed E-state index contributed by atoms with van der Waals surface area (Å²) in [6, 6.07) is 10.6. The van der Waals surface area contributed by atoms with Crippen LogP contribution in [0.4, 0.5) is 20.2 Å². The van der Waals surface area contributed by atoms with Crippen molar-refractivity contribution in [3.05, 3.63) is 59.7 Å². The lowest BCUT2D eigenvalue weighted by atomic mass is 9.88. The van der Waals surface area contributed by atoms with Crippen LogP contribution >= 0.6 is 0 Å². The first-order chi connectivity index (χ1) is 14.9. The third-order valence-corrected chi connectivity index (χ3v) is 6.45. The lowest BCUT2D eigenvalue weighted by molar-refractivity contribution is -0.141. The highest BCUT2D eigenvalue weighted by Gasteiger charge is 2.38. The highest BCUT2D eigenvalue weighted by atomic mass is 19.1. The van der Waals surface area contributed by atoms with Crippen LogP contribution in [0.25, 0.3) is 0 Å². The zero-order valence-corrected chi connectivity index (χ0v) is 17.1. The Balaban J connectivity index is 0.000000149. The van der Waals surface area contributed by atoms with Gasteiger partial charge < -0.3 is 15.7 Å². The number of carbonyl (C=O) groups excluding carboxylic acids is 1. The van der Waals surface area contributed by atoms with Gasteiger partial charge in [0, 0.05) is 34.9 Å². The summed E-state index contributed by atoms with van der Waals surface area (Å²) < 4.78 is 26.0. The summed E-state index contributed by atoms with van der Waals surface area (Å²) in [6.45, 7) is 0. The van der Waals surface area contributed by atoms with E-state index in [2.05, 4.69) is 10.6 Å².